The second-order valence-corrected chi connectivity index (χ2v) is 9.93. The van der Waals surface area contributed by atoms with Crippen LogP contribution in [0.2, 0.25) is 10.0 Å². The largest absolute Gasteiger partial charge is 0.436 e. The number of anilines is 1. The zero-order valence-electron chi connectivity index (χ0n) is 21.1. The number of nitrogens with zero attached hydrogens (tertiary/aromatic N) is 5. The first-order chi connectivity index (χ1) is 17.3. The van der Waals surface area contributed by atoms with Crippen LogP contribution in [0.1, 0.15) is 30.7 Å². The maximum absolute atomic E-state index is 13.5. The van der Waals surface area contributed by atoms with Gasteiger partial charge in [-0.25, -0.2) is 4.98 Å². The molecule has 3 aromatic rings. The number of hydrogen-bond donors (Lipinski definition) is 1. The summed E-state index contributed by atoms with van der Waals surface area (Å²) in [5.74, 6) is 2.05. The Bertz CT molecular complexity index is 1290. The first kappa shape index (κ1) is 26.5. The lowest BCUT2D eigenvalue weighted by Gasteiger charge is -2.39. The van der Waals surface area contributed by atoms with Crippen molar-refractivity contribution in [1.29, 1.82) is 0 Å². The molecule has 1 aromatic carbocycles. The van der Waals surface area contributed by atoms with E-state index < -0.39 is 0 Å². The molecule has 0 unspecified atom stereocenters. The first-order valence-corrected chi connectivity index (χ1v) is 12.7. The van der Waals surface area contributed by atoms with Crippen LogP contribution < -0.4 is 20.9 Å². The van der Waals surface area contributed by atoms with Crippen molar-refractivity contribution in [3.05, 3.63) is 56.2 Å². The minimum absolute atomic E-state index is 0.164. The van der Waals surface area contributed by atoms with Crippen LogP contribution in [-0.2, 0) is 11.8 Å². The topological polar surface area (TPSA) is 100 Å². The van der Waals surface area contributed by atoms with Crippen molar-refractivity contribution >= 4 is 29.0 Å². The molecule has 0 amide bonds. The lowest BCUT2D eigenvalue weighted by Crippen LogP contribution is -2.42. The smallest absolute Gasteiger partial charge is 0.263 e. The van der Waals surface area contributed by atoms with Crippen LogP contribution in [0.5, 0.6) is 11.6 Å². The van der Waals surface area contributed by atoms with Gasteiger partial charge in [-0.2, -0.15) is 0 Å². The molecule has 2 aliphatic heterocycles. The fourth-order valence-electron chi connectivity index (χ4n) is 4.86. The Labute approximate surface area is 220 Å². The molecular formula is C25H32Cl2N6O3. The third-order valence-electron chi connectivity index (χ3n) is 6.93. The van der Waals surface area contributed by atoms with Crippen LogP contribution in [0.4, 0.5) is 5.82 Å². The molecule has 9 nitrogen and oxygen atoms in total. The summed E-state index contributed by atoms with van der Waals surface area (Å²) in [6, 6.07) is 5.12. The Balaban J connectivity index is 0.00000148. The number of benzene rings is 1. The number of piperidine rings is 1. The number of hydrogen-bond acceptors (Lipinski definition) is 7. The van der Waals surface area contributed by atoms with E-state index in [9.17, 15) is 4.79 Å². The molecule has 2 fully saturated rings. The monoisotopic (exact) mass is 534 g/mol. The van der Waals surface area contributed by atoms with Gasteiger partial charge in [-0.05, 0) is 57.7 Å². The van der Waals surface area contributed by atoms with Gasteiger partial charge in [0.1, 0.15) is 22.4 Å². The summed E-state index contributed by atoms with van der Waals surface area (Å²) in [6.45, 7) is 7.05. The normalized spacial score (nSPS) is 16.7. The highest BCUT2D eigenvalue weighted by molar-refractivity contribution is 6.44. The number of nitrogens with two attached hydrogens (primary N) is 1. The quantitative estimate of drug-likeness (QED) is 0.533. The first-order valence-electron chi connectivity index (χ1n) is 11.9. The molecule has 4 heterocycles. The van der Waals surface area contributed by atoms with Crippen LogP contribution in [0.3, 0.4) is 0 Å². The summed E-state index contributed by atoms with van der Waals surface area (Å²) in [7, 11) is 3.30. The molecule has 0 aliphatic carbocycles. The van der Waals surface area contributed by atoms with E-state index in [2.05, 4.69) is 15.7 Å². The highest BCUT2D eigenvalue weighted by Gasteiger charge is 2.38. The van der Waals surface area contributed by atoms with E-state index in [4.69, 9.17) is 37.7 Å². The molecule has 2 N–H and O–H groups in total. The van der Waals surface area contributed by atoms with Crippen molar-refractivity contribution in [2.24, 2.45) is 18.2 Å². The molecule has 2 saturated heterocycles. The summed E-state index contributed by atoms with van der Waals surface area (Å²) < 4.78 is 14.5. The van der Waals surface area contributed by atoms with Gasteiger partial charge >= 0.3 is 0 Å². The van der Waals surface area contributed by atoms with Gasteiger partial charge in [-0.1, -0.05) is 23.2 Å². The molecule has 5 rings (SSSR count). The van der Waals surface area contributed by atoms with E-state index in [1.807, 2.05) is 13.8 Å². The Hall–Kier alpha value is -2.59. The second-order valence-electron chi connectivity index (χ2n) is 9.18. The van der Waals surface area contributed by atoms with Crippen molar-refractivity contribution in [3.63, 3.8) is 0 Å². The minimum atomic E-state index is -0.164. The van der Waals surface area contributed by atoms with Gasteiger partial charge in [0.05, 0.1) is 22.9 Å². The molecule has 194 valence electrons. The molecule has 2 aliphatic rings. The van der Waals surface area contributed by atoms with E-state index in [0.29, 0.717) is 28.7 Å². The van der Waals surface area contributed by atoms with E-state index in [1.54, 1.807) is 36.1 Å². The van der Waals surface area contributed by atoms with Crippen molar-refractivity contribution in [2.75, 3.05) is 38.3 Å². The highest BCUT2D eigenvalue weighted by atomic mass is 35.5. The van der Waals surface area contributed by atoms with Crippen LogP contribution >= 0.6 is 23.2 Å². The maximum Gasteiger partial charge on any atom is 0.263 e. The number of aryl methyl sites for hydroxylation is 2. The van der Waals surface area contributed by atoms with Crippen molar-refractivity contribution < 1.29 is 9.47 Å². The van der Waals surface area contributed by atoms with Gasteiger partial charge in [0.25, 0.3) is 5.56 Å². The number of halogens is 2. The van der Waals surface area contributed by atoms with Gasteiger partial charge in [0.2, 0.25) is 5.88 Å². The summed E-state index contributed by atoms with van der Waals surface area (Å²) in [4.78, 5) is 20.5. The fraction of sp³-hybridized carbons (Fsp3) is 0.480. The van der Waals surface area contributed by atoms with Crippen LogP contribution in [-0.4, -0.2) is 52.7 Å². The molecule has 0 bridgehead atoms. The SMILES string of the molecule is CN.Cc1c(N2CCC3(CCOC3)CC2)nc(C)n(-c2ccc(Oc3ccn(C)n3)c(Cl)c2Cl)c1=O. The summed E-state index contributed by atoms with van der Waals surface area (Å²) in [5.41, 5.74) is 5.68. The summed E-state index contributed by atoms with van der Waals surface area (Å²) in [6.07, 6.45) is 4.99. The van der Waals surface area contributed by atoms with E-state index in [0.717, 1.165) is 51.4 Å². The van der Waals surface area contributed by atoms with Gasteiger partial charge in [0.15, 0.2) is 0 Å². The van der Waals surface area contributed by atoms with Crippen LogP contribution in [0.25, 0.3) is 5.69 Å². The molecule has 11 heteroatoms. The predicted molar refractivity (Wildman–Crippen MR) is 142 cm³/mol. The molecule has 0 atom stereocenters. The van der Waals surface area contributed by atoms with E-state index >= 15 is 0 Å². The third-order valence-corrected chi connectivity index (χ3v) is 7.78. The predicted octanol–water partition coefficient (Wildman–Crippen LogP) is 4.26. The molecule has 2 aromatic heterocycles. The number of ether oxygens (including phenoxy) is 2. The van der Waals surface area contributed by atoms with Crippen molar-refractivity contribution in [3.8, 4) is 17.3 Å². The standard InChI is InChI=1S/C24H27Cl2N5O3.CH5N/c1-15-22(30-11-7-24(8-12-30)9-13-33-14-24)27-16(2)31(23(15)32)17-4-5-18(21(26)20(17)25)34-19-6-10-29(3)28-19;1-2/h4-6,10H,7-9,11-14H2,1-3H3;2H2,1H3. The molecule has 0 saturated carbocycles. The minimum Gasteiger partial charge on any atom is -0.436 e. The number of aromatic nitrogens is 4. The Morgan fingerprint density at radius 2 is 1.81 bits per heavy atom. The maximum atomic E-state index is 13.5. The lowest BCUT2D eigenvalue weighted by molar-refractivity contribution is 0.133. The average Bonchev–Trinajstić information content (AvgIpc) is 3.51. The van der Waals surface area contributed by atoms with Crippen LogP contribution in [0.15, 0.2) is 29.2 Å². The zero-order valence-corrected chi connectivity index (χ0v) is 22.6. The van der Waals surface area contributed by atoms with Gasteiger partial charge < -0.3 is 20.1 Å². The molecule has 36 heavy (non-hydrogen) atoms. The van der Waals surface area contributed by atoms with Gasteiger partial charge in [0, 0.05) is 39.0 Å². The Morgan fingerprint density at radius 1 is 1.08 bits per heavy atom. The fourth-order valence-corrected chi connectivity index (χ4v) is 5.30. The lowest BCUT2D eigenvalue weighted by atomic mass is 9.78. The Morgan fingerprint density at radius 3 is 2.42 bits per heavy atom. The zero-order chi connectivity index (χ0) is 26.0. The number of rotatable bonds is 4. The Kier molecular flexibility index (Phi) is 7.94. The summed E-state index contributed by atoms with van der Waals surface area (Å²) >= 11 is 13.1. The molecular weight excluding hydrogens is 503 g/mol. The summed E-state index contributed by atoms with van der Waals surface area (Å²) in [5, 5.41) is 4.61. The third kappa shape index (κ3) is 4.98. The van der Waals surface area contributed by atoms with Crippen LogP contribution in [0, 0.1) is 19.3 Å². The highest BCUT2D eigenvalue weighted by Crippen LogP contribution is 2.41. The van der Waals surface area contributed by atoms with Gasteiger partial charge in [-0.15, -0.1) is 5.10 Å². The van der Waals surface area contributed by atoms with Crippen molar-refractivity contribution in [1.82, 2.24) is 19.3 Å². The average molecular weight is 535 g/mol. The molecule has 1 spiro atoms. The molecule has 0 radical (unpaired) electrons. The van der Waals surface area contributed by atoms with E-state index in [1.165, 1.54) is 11.6 Å². The van der Waals surface area contributed by atoms with Crippen molar-refractivity contribution in [2.45, 2.75) is 33.1 Å². The van der Waals surface area contributed by atoms with E-state index in [-0.39, 0.29) is 21.0 Å². The second kappa shape index (κ2) is 10.8. The van der Waals surface area contributed by atoms with Gasteiger partial charge in [-0.3, -0.25) is 14.0 Å².